The van der Waals surface area contributed by atoms with Crippen molar-refractivity contribution in [3.05, 3.63) is 29.3 Å². The molecule has 0 unspecified atom stereocenters. The summed E-state index contributed by atoms with van der Waals surface area (Å²) >= 11 is 0. The summed E-state index contributed by atoms with van der Waals surface area (Å²) in [7, 11) is 0. The van der Waals surface area contributed by atoms with Crippen molar-refractivity contribution in [1.29, 1.82) is 0 Å². The molecule has 0 aliphatic heterocycles. The van der Waals surface area contributed by atoms with Crippen molar-refractivity contribution in [2.75, 3.05) is 13.2 Å². The van der Waals surface area contributed by atoms with Gasteiger partial charge in [0.25, 0.3) is 0 Å². The first-order chi connectivity index (χ1) is 8.71. The van der Waals surface area contributed by atoms with Crippen molar-refractivity contribution < 1.29 is 4.74 Å². The van der Waals surface area contributed by atoms with Gasteiger partial charge in [-0.2, -0.15) is 0 Å². The molecule has 0 atom stereocenters. The molecule has 0 fully saturated rings. The molecule has 0 amide bonds. The predicted octanol–water partition coefficient (Wildman–Crippen LogP) is 3.12. The fraction of sp³-hybridized carbons (Fsp3) is 0.500. The van der Waals surface area contributed by atoms with Gasteiger partial charge in [-0.1, -0.05) is 44.6 Å². The number of benzene rings is 1. The lowest BCUT2D eigenvalue weighted by Crippen LogP contribution is -2.10. The zero-order valence-corrected chi connectivity index (χ0v) is 11.6. The van der Waals surface area contributed by atoms with Crippen LogP contribution >= 0.6 is 0 Å². The van der Waals surface area contributed by atoms with E-state index in [9.17, 15) is 0 Å². The Morgan fingerprint density at radius 2 is 2.00 bits per heavy atom. The van der Waals surface area contributed by atoms with Crippen LogP contribution in [0.2, 0.25) is 0 Å². The lowest BCUT2D eigenvalue weighted by Gasteiger charge is -2.15. The number of ether oxygens (including phenoxy) is 1. The molecular formula is C16H23NO. The van der Waals surface area contributed by atoms with E-state index in [4.69, 9.17) is 10.5 Å². The molecule has 98 valence electrons. The Kier molecular flexibility index (Phi) is 6.32. The monoisotopic (exact) mass is 245 g/mol. The normalized spacial score (nSPS) is 10.1. The minimum atomic E-state index is 0.375. The fourth-order valence-corrected chi connectivity index (χ4v) is 1.75. The molecule has 0 saturated carbocycles. The van der Waals surface area contributed by atoms with E-state index in [-0.39, 0.29) is 0 Å². The third kappa shape index (κ3) is 4.43. The minimum absolute atomic E-state index is 0.375. The van der Waals surface area contributed by atoms with Gasteiger partial charge in [-0.15, -0.1) is 0 Å². The molecule has 0 spiro atoms. The van der Waals surface area contributed by atoms with E-state index >= 15 is 0 Å². The first kappa shape index (κ1) is 14.6. The number of hydrogen-bond donors (Lipinski definition) is 1. The van der Waals surface area contributed by atoms with E-state index in [1.54, 1.807) is 0 Å². The van der Waals surface area contributed by atoms with Gasteiger partial charge in [-0.25, -0.2) is 0 Å². The van der Waals surface area contributed by atoms with Gasteiger partial charge in [-0.3, -0.25) is 0 Å². The molecule has 2 heteroatoms. The molecule has 18 heavy (non-hydrogen) atoms. The fourth-order valence-electron chi connectivity index (χ4n) is 1.75. The van der Waals surface area contributed by atoms with Gasteiger partial charge >= 0.3 is 0 Å². The zero-order chi connectivity index (χ0) is 13.4. The van der Waals surface area contributed by atoms with Crippen molar-refractivity contribution >= 4 is 0 Å². The molecule has 1 aromatic rings. The smallest absolute Gasteiger partial charge is 0.134 e. The van der Waals surface area contributed by atoms with Crippen molar-refractivity contribution in [1.82, 2.24) is 0 Å². The molecule has 1 rings (SSSR count). The summed E-state index contributed by atoms with van der Waals surface area (Å²) in [6, 6.07) is 6.10. The number of hydrogen-bond acceptors (Lipinski definition) is 2. The molecule has 0 saturated heterocycles. The summed E-state index contributed by atoms with van der Waals surface area (Å²) in [6.07, 6.45) is 2.29. The van der Waals surface area contributed by atoms with Gasteiger partial charge in [0, 0.05) is 0 Å². The predicted molar refractivity (Wildman–Crippen MR) is 76.7 cm³/mol. The molecule has 0 aromatic heterocycles. The Morgan fingerprint density at radius 3 is 2.61 bits per heavy atom. The summed E-state index contributed by atoms with van der Waals surface area (Å²) in [4.78, 5) is 0. The van der Waals surface area contributed by atoms with E-state index in [0.29, 0.717) is 12.5 Å². The van der Waals surface area contributed by atoms with Gasteiger partial charge in [-0.05, 0) is 30.5 Å². The Balaban J connectivity index is 2.81. The summed E-state index contributed by atoms with van der Waals surface area (Å²) in [5, 5.41) is 0. The van der Waals surface area contributed by atoms with E-state index in [0.717, 1.165) is 30.8 Å². The summed E-state index contributed by atoms with van der Waals surface area (Å²) in [5.74, 6) is 7.44. The van der Waals surface area contributed by atoms with E-state index < -0.39 is 0 Å². The maximum absolute atomic E-state index is 5.89. The van der Waals surface area contributed by atoms with Crippen LogP contribution in [0, 0.1) is 24.7 Å². The third-order valence-electron chi connectivity index (χ3n) is 3.09. The second-order valence-electron chi connectivity index (χ2n) is 4.50. The number of rotatable bonds is 5. The minimum Gasteiger partial charge on any atom is -0.492 e. The highest BCUT2D eigenvalue weighted by Gasteiger charge is 2.07. The Morgan fingerprint density at radius 1 is 1.28 bits per heavy atom. The molecule has 0 aliphatic carbocycles. The molecule has 0 heterocycles. The van der Waals surface area contributed by atoms with E-state index in [1.807, 2.05) is 12.1 Å². The Labute approximate surface area is 111 Å². The molecule has 0 bridgehead atoms. The average Bonchev–Trinajstić information content (AvgIpc) is 2.39. The van der Waals surface area contributed by atoms with Crippen molar-refractivity contribution in [3.8, 4) is 17.6 Å². The quantitative estimate of drug-likeness (QED) is 0.809. The van der Waals surface area contributed by atoms with E-state index in [1.165, 1.54) is 5.56 Å². The van der Waals surface area contributed by atoms with Gasteiger partial charge in [0.1, 0.15) is 5.75 Å². The van der Waals surface area contributed by atoms with Gasteiger partial charge in [0.05, 0.1) is 18.7 Å². The third-order valence-corrected chi connectivity index (χ3v) is 3.09. The first-order valence-corrected chi connectivity index (χ1v) is 6.63. The Bertz CT molecular complexity index is 424. The van der Waals surface area contributed by atoms with Crippen LogP contribution in [0.1, 0.15) is 37.8 Å². The van der Waals surface area contributed by atoms with Crippen LogP contribution in [-0.4, -0.2) is 13.2 Å². The molecule has 0 radical (unpaired) electrons. The van der Waals surface area contributed by atoms with Gasteiger partial charge in [0.2, 0.25) is 0 Å². The first-order valence-electron chi connectivity index (χ1n) is 6.63. The largest absolute Gasteiger partial charge is 0.492 e. The summed E-state index contributed by atoms with van der Waals surface area (Å²) in [6.45, 7) is 7.58. The van der Waals surface area contributed by atoms with Crippen LogP contribution in [0.15, 0.2) is 18.2 Å². The lowest BCUT2D eigenvalue weighted by atomic mass is 10.1. The van der Waals surface area contributed by atoms with Crippen molar-refractivity contribution in [2.45, 2.75) is 33.6 Å². The SMILES string of the molecule is CCC(CC)COc1ccc(C)cc1C#CCN. The van der Waals surface area contributed by atoms with Crippen LogP contribution in [0.4, 0.5) is 0 Å². The second-order valence-corrected chi connectivity index (χ2v) is 4.50. The summed E-state index contributed by atoms with van der Waals surface area (Å²) in [5.41, 5.74) is 7.54. The number of aryl methyl sites for hydroxylation is 1. The highest BCUT2D eigenvalue weighted by atomic mass is 16.5. The highest BCUT2D eigenvalue weighted by molar-refractivity contribution is 5.48. The highest BCUT2D eigenvalue weighted by Crippen LogP contribution is 2.20. The molecular weight excluding hydrogens is 222 g/mol. The van der Waals surface area contributed by atoms with Crippen molar-refractivity contribution in [2.24, 2.45) is 11.7 Å². The second kappa shape index (κ2) is 7.79. The van der Waals surface area contributed by atoms with Crippen LogP contribution in [0.25, 0.3) is 0 Å². The van der Waals surface area contributed by atoms with Crippen molar-refractivity contribution in [3.63, 3.8) is 0 Å². The average molecular weight is 245 g/mol. The maximum Gasteiger partial charge on any atom is 0.134 e. The molecule has 0 aliphatic rings. The van der Waals surface area contributed by atoms with Gasteiger partial charge in [0.15, 0.2) is 0 Å². The standard InChI is InChI=1S/C16H23NO/c1-4-14(5-2)12-18-16-9-8-13(3)11-15(16)7-6-10-17/h8-9,11,14H,4-5,10,12,17H2,1-3H3. The van der Waals surface area contributed by atoms with E-state index in [2.05, 4.69) is 38.7 Å². The van der Waals surface area contributed by atoms with Crippen LogP contribution < -0.4 is 10.5 Å². The topological polar surface area (TPSA) is 35.2 Å². The molecule has 2 N–H and O–H groups in total. The van der Waals surface area contributed by atoms with Crippen LogP contribution in [0.5, 0.6) is 5.75 Å². The lowest BCUT2D eigenvalue weighted by molar-refractivity contribution is 0.240. The number of nitrogens with two attached hydrogens (primary N) is 1. The molecule has 1 aromatic carbocycles. The summed E-state index contributed by atoms with van der Waals surface area (Å²) < 4.78 is 5.89. The zero-order valence-electron chi connectivity index (χ0n) is 11.6. The van der Waals surface area contributed by atoms with Crippen LogP contribution in [0.3, 0.4) is 0 Å². The molecule has 2 nitrogen and oxygen atoms in total. The Hall–Kier alpha value is -1.46. The van der Waals surface area contributed by atoms with Crippen LogP contribution in [-0.2, 0) is 0 Å². The maximum atomic E-state index is 5.89. The van der Waals surface area contributed by atoms with Gasteiger partial charge < -0.3 is 10.5 Å².